The monoisotopic (exact) mass is 294 g/mol. The number of nitrogens with zero attached hydrogens (tertiary/aromatic N) is 1. The molecule has 2 rings (SSSR count). The fourth-order valence-electron chi connectivity index (χ4n) is 2.27. The molecule has 1 aromatic carbocycles. The van der Waals surface area contributed by atoms with Crippen molar-refractivity contribution in [2.45, 2.75) is 19.8 Å². The number of benzene rings is 1. The van der Waals surface area contributed by atoms with Gasteiger partial charge in [-0.15, -0.1) is 0 Å². The zero-order chi connectivity index (χ0) is 14.9. The first-order valence-corrected chi connectivity index (χ1v) is 6.84. The molecule has 0 atom stereocenters. The normalized spacial score (nSPS) is 10.9. The fraction of sp³-hybridized carbons (Fsp3) is 0.400. The predicted octanol–water partition coefficient (Wildman–Crippen LogP) is 4.07. The van der Waals surface area contributed by atoms with Gasteiger partial charge in [0.1, 0.15) is 22.8 Å². The summed E-state index contributed by atoms with van der Waals surface area (Å²) in [6.45, 7) is 4.25. The van der Waals surface area contributed by atoms with Crippen LogP contribution in [0.2, 0.25) is 5.02 Å². The Balaban J connectivity index is 2.89. The summed E-state index contributed by atoms with van der Waals surface area (Å²) in [5.41, 5.74) is 1.85. The number of aromatic nitrogens is 1. The Kier molecular flexibility index (Phi) is 4.23. The van der Waals surface area contributed by atoms with Crippen molar-refractivity contribution in [3.63, 3.8) is 0 Å². The molecular formula is C15H19ClN2O2. The summed E-state index contributed by atoms with van der Waals surface area (Å²) in [6, 6.07) is 3.79. The highest BCUT2D eigenvalue weighted by atomic mass is 35.5. The van der Waals surface area contributed by atoms with Gasteiger partial charge in [-0.05, 0) is 17.5 Å². The minimum Gasteiger partial charge on any atom is -0.494 e. The van der Waals surface area contributed by atoms with Gasteiger partial charge in [-0.3, -0.25) is 0 Å². The molecule has 108 valence electrons. The van der Waals surface area contributed by atoms with Gasteiger partial charge in [-0.25, -0.2) is 4.98 Å². The lowest BCUT2D eigenvalue weighted by Crippen LogP contribution is -2.02. The second-order valence-corrected chi connectivity index (χ2v) is 5.23. The summed E-state index contributed by atoms with van der Waals surface area (Å²) in [4.78, 5) is 4.66. The van der Waals surface area contributed by atoms with E-state index in [1.807, 2.05) is 7.05 Å². The molecule has 0 bridgehead atoms. The van der Waals surface area contributed by atoms with Crippen molar-refractivity contribution in [2.24, 2.45) is 0 Å². The maximum atomic E-state index is 6.24. The van der Waals surface area contributed by atoms with E-state index in [2.05, 4.69) is 30.2 Å². The zero-order valence-corrected chi connectivity index (χ0v) is 13.1. The molecule has 0 fully saturated rings. The van der Waals surface area contributed by atoms with Gasteiger partial charge in [-0.2, -0.15) is 0 Å². The molecule has 4 nitrogen and oxygen atoms in total. The van der Waals surface area contributed by atoms with Crippen molar-refractivity contribution in [2.75, 3.05) is 26.6 Å². The molecule has 0 aliphatic carbocycles. The largest absolute Gasteiger partial charge is 0.494 e. The molecule has 0 aliphatic rings. The van der Waals surface area contributed by atoms with E-state index in [0.29, 0.717) is 22.4 Å². The van der Waals surface area contributed by atoms with Gasteiger partial charge in [-0.1, -0.05) is 25.4 Å². The number of ether oxygens (including phenoxy) is 2. The molecule has 0 spiro atoms. The molecule has 0 saturated carbocycles. The van der Waals surface area contributed by atoms with Crippen molar-refractivity contribution in [1.82, 2.24) is 4.98 Å². The molecular weight excluding hydrogens is 276 g/mol. The summed E-state index contributed by atoms with van der Waals surface area (Å²) in [5, 5.41) is 4.51. The van der Waals surface area contributed by atoms with Gasteiger partial charge in [0.15, 0.2) is 0 Å². The number of anilines is 1. The third-order valence-electron chi connectivity index (χ3n) is 3.29. The van der Waals surface area contributed by atoms with Crippen LogP contribution in [0.4, 0.5) is 5.82 Å². The van der Waals surface area contributed by atoms with Crippen LogP contribution in [0, 0.1) is 0 Å². The van der Waals surface area contributed by atoms with Crippen LogP contribution in [0.1, 0.15) is 25.3 Å². The summed E-state index contributed by atoms with van der Waals surface area (Å²) in [7, 11) is 5.07. The molecule has 0 aliphatic heterocycles. The van der Waals surface area contributed by atoms with Crippen LogP contribution in [0.15, 0.2) is 12.1 Å². The van der Waals surface area contributed by atoms with Crippen LogP contribution in [0.3, 0.4) is 0 Å². The average molecular weight is 295 g/mol. The lowest BCUT2D eigenvalue weighted by atomic mass is 10.0. The molecule has 5 heteroatoms. The Morgan fingerprint density at radius 1 is 1.20 bits per heavy atom. The van der Waals surface area contributed by atoms with Crippen LogP contribution < -0.4 is 14.8 Å². The maximum absolute atomic E-state index is 6.24. The summed E-state index contributed by atoms with van der Waals surface area (Å²) >= 11 is 6.24. The number of methoxy groups -OCH3 is 2. The predicted molar refractivity (Wildman–Crippen MR) is 83.5 cm³/mol. The van der Waals surface area contributed by atoms with Crippen LogP contribution in [0.5, 0.6) is 11.5 Å². The number of fused-ring (bicyclic) bond motifs is 1. The van der Waals surface area contributed by atoms with E-state index in [1.54, 1.807) is 20.3 Å². The Bertz CT molecular complexity index is 642. The topological polar surface area (TPSA) is 43.4 Å². The second kappa shape index (κ2) is 5.75. The Hall–Kier alpha value is -1.68. The highest BCUT2D eigenvalue weighted by Gasteiger charge is 2.17. The van der Waals surface area contributed by atoms with Crippen molar-refractivity contribution in [1.29, 1.82) is 0 Å². The number of halogens is 1. The first kappa shape index (κ1) is 14.7. The highest BCUT2D eigenvalue weighted by Crippen LogP contribution is 2.41. The van der Waals surface area contributed by atoms with Gasteiger partial charge in [0, 0.05) is 18.5 Å². The van der Waals surface area contributed by atoms with Crippen molar-refractivity contribution < 1.29 is 9.47 Å². The van der Waals surface area contributed by atoms with E-state index < -0.39 is 0 Å². The fourth-order valence-corrected chi connectivity index (χ4v) is 2.55. The molecule has 1 aromatic heterocycles. The molecule has 0 unspecified atom stereocenters. The van der Waals surface area contributed by atoms with Crippen molar-refractivity contribution >= 4 is 28.3 Å². The maximum Gasteiger partial charge on any atom is 0.147 e. The SMILES string of the molecule is CNc1nc2c(OC)cc(Cl)c(OC)c2cc1C(C)C. The lowest BCUT2D eigenvalue weighted by molar-refractivity contribution is 0.410. The third kappa shape index (κ3) is 2.36. The van der Waals surface area contributed by atoms with Gasteiger partial charge < -0.3 is 14.8 Å². The molecule has 1 N–H and O–H groups in total. The number of hydrogen-bond acceptors (Lipinski definition) is 4. The van der Waals surface area contributed by atoms with Crippen LogP contribution >= 0.6 is 11.6 Å². The first-order chi connectivity index (χ1) is 9.53. The van der Waals surface area contributed by atoms with Crippen LogP contribution in [0.25, 0.3) is 10.9 Å². The quantitative estimate of drug-likeness (QED) is 0.923. The minimum atomic E-state index is 0.337. The molecule has 0 radical (unpaired) electrons. The minimum absolute atomic E-state index is 0.337. The van der Waals surface area contributed by atoms with E-state index in [4.69, 9.17) is 21.1 Å². The summed E-state index contributed by atoms with van der Waals surface area (Å²) in [5.74, 6) is 2.44. The number of hydrogen-bond donors (Lipinski definition) is 1. The van der Waals surface area contributed by atoms with E-state index in [9.17, 15) is 0 Å². The Morgan fingerprint density at radius 2 is 1.90 bits per heavy atom. The van der Waals surface area contributed by atoms with Crippen molar-refractivity contribution in [3.05, 3.63) is 22.7 Å². The Labute approximate surface area is 124 Å². The highest BCUT2D eigenvalue weighted by molar-refractivity contribution is 6.33. The molecule has 0 saturated heterocycles. The van der Waals surface area contributed by atoms with Gasteiger partial charge >= 0.3 is 0 Å². The van der Waals surface area contributed by atoms with E-state index >= 15 is 0 Å². The van der Waals surface area contributed by atoms with Gasteiger partial charge in [0.05, 0.1) is 19.2 Å². The average Bonchev–Trinajstić information content (AvgIpc) is 2.44. The number of nitrogens with one attached hydrogen (secondary N) is 1. The molecule has 0 amide bonds. The summed E-state index contributed by atoms with van der Waals surface area (Å²) in [6.07, 6.45) is 0. The van der Waals surface area contributed by atoms with E-state index in [1.165, 1.54) is 0 Å². The molecule has 1 heterocycles. The van der Waals surface area contributed by atoms with Crippen LogP contribution in [-0.4, -0.2) is 26.3 Å². The van der Waals surface area contributed by atoms with Crippen LogP contribution in [-0.2, 0) is 0 Å². The van der Waals surface area contributed by atoms with E-state index in [0.717, 1.165) is 22.3 Å². The number of rotatable bonds is 4. The third-order valence-corrected chi connectivity index (χ3v) is 3.57. The second-order valence-electron chi connectivity index (χ2n) is 4.82. The van der Waals surface area contributed by atoms with Crippen molar-refractivity contribution in [3.8, 4) is 11.5 Å². The molecule has 20 heavy (non-hydrogen) atoms. The van der Waals surface area contributed by atoms with E-state index in [-0.39, 0.29) is 0 Å². The van der Waals surface area contributed by atoms with Gasteiger partial charge in [0.2, 0.25) is 0 Å². The zero-order valence-electron chi connectivity index (χ0n) is 12.4. The first-order valence-electron chi connectivity index (χ1n) is 6.46. The Morgan fingerprint density at radius 3 is 2.40 bits per heavy atom. The standard InChI is InChI=1S/C15H19ClN2O2/c1-8(2)9-6-10-13(18-15(9)17-3)12(19-4)7-11(16)14(10)20-5/h6-8H,1-5H3,(H,17,18). The smallest absolute Gasteiger partial charge is 0.147 e. The van der Waals surface area contributed by atoms with Gasteiger partial charge in [0.25, 0.3) is 0 Å². The number of pyridine rings is 1. The lowest BCUT2D eigenvalue weighted by Gasteiger charge is -2.17. The molecule has 2 aromatic rings. The summed E-state index contributed by atoms with van der Waals surface area (Å²) < 4.78 is 10.8.